The molecule has 0 bridgehead atoms. The van der Waals surface area contributed by atoms with Gasteiger partial charge in [-0.05, 0) is 78.7 Å². The first kappa shape index (κ1) is 25.3. The highest BCUT2D eigenvalue weighted by Gasteiger charge is 2.48. The van der Waals surface area contributed by atoms with Crippen LogP contribution in [0.1, 0.15) is 22.7 Å². The van der Waals surface area contributed by atoms with E-state index in [0.29, 0.717) is 33.5 Å². The van der Waals surface area contributed by atoms with Crippen LogP contribution in [0.5, 0.6) is 17.2 Å². The minimum atomic E-state index is -0.928. The van der Waals surface area contributed by atoms with Crippen molar-refractivity contribution < 1.29 is 24.2 Å². The summed E-state index contributed by atoms with van der Waals surface area (Å²) in [6.45, 7) is 1.98. The zero-order chi connectivity index (χ0) is 27.8. The molecule has 7 nitrogen and oxygen atoms in total. The molecule has 6 rings (SSSR count). The minimum absolute atomic E-state index is 0.0255. The van der Waals surface area contributed by atoms with Gasteiger partial charge >= 0.3 is 5.91 Å². The van der Waals surface area contributed by atoms with E-state index in [-0.39, 0.29) is 11.3 Å². The Bertz CT molecular complexity index is 1780. The molecule has 8 heteroatoms. The van der Waals surface area contributed by atoms with Gasteiger partial charge in [-0.25, -0.2) is 4.98 Å². The molecule has 1 atom stereocenters. The predicted molar refractivity (Wildman–Crippen MR) is 155 cm³/mol. The number of carbonyl (C=O) groups is 2. The van der Waals surface area contributed by atoms with Crippen molar-refractivity contribution in [1.82, 2.24) is 4.98 Å². The zero-order valence-corrected chi connectivity index (χ0v) is 22.5. The SMILES string of the molecule is COc1ccc(C(O)=C2C(=O)C(=O)N(c3nc4ccc(C)cc4s3)C2c2cccc(Oc3ccccc3)c2)cc1. The monoisotopic (exact) mass is 548 g/mol. The van der Waals surface area contributed by atoms with Gasteiger partial charge in [0, 0.05) is 5.56 Å². The van der Waals surface area contributed by atoms with Crippen LogP contribution in [-0.2, 0) is 9.59 Å². The van der Waals surface area contributed by atoms with Gasteiger partial charge in [0.2, 0.25) is 0 Å². The molecular formula is C32H24N2O5S. The van der Waals surface area contributed by atoms with Crippen LogP contribution in [0.3, 0.4) is 0 Å². The van der Waals surface area contributed by atoms with Crippen LogP contribution in [0.2, 0.25) is 0 Å². The quantitative estimate of drug-likeness (QED) is 0.139. The molecule has 0 radical (unpaired) electrons. The number of ketones is 1. The highest BCUT2D eigenvalue weighted by molar-refractivity contribution is 7.22. The van der Waals surface area contributed by atoms with E-state index < -0.39 is 17.7 Å². The number of thiazole rings is 1. The third-order valence-electron chi connectivity index (χ3n) is 6.70. The number of aliphatic hydroxyl groups is 1. The van der Waals surface area contributed by atoms with Crippen LogP contribution < -0.4 is 14.4 Å². The number of hydrogen-bond acceptors (Lipinski definition) is 7. The van der Waals surface area contributed by atoms with Crippen molar-refractivity contribution in [2.45, 2.75) is 13.0 Å². The van der Waals surface area contributed by atoms with Crippen molar-refractivity contribution in [3.05, 3.63) is 119 Å². The number of rotatable bonds is 6. The maximum atomic E-state index is 13.6. The van der Waals surface area contributed by atoms with E-state index in [1.807, 2.05) is 55.5 Å². The van der Waals surface area contributed by atoms with Crippen LogP contribution in [0.15, 0.2) is 103 Å². The fraction of sp³-hybridized carbons (Fsp3) is 0.0938. The van der Waals surface area contributed by atoms with E-state index in [0.717, 1.165) is 15.8 Å². The first-order chi connectivity index (χ1) is 19.4. The number of amides is 1. The summed E-state index contributed by atoms with van der Waals surface area (Å²) in [5, 5.41) is 11.8. The Morgan fingerprint density at radius 1 is 0.875 bits per heavy atom. The number of benzene rings is 4. The van der Waals surface area contributed by atoms with Crippen molar-refractivity contribution in [1.29, 1.82) is 0 Å². The molecule has 1 fully saturated rings. The molecule has 1 aliphatic rings. The van der Waals surface area contributed by atoms with Gasteiger partial charge in [0.05, 0.1) is 28.9 Å². The van der Waals surface area contributed by atoms with Gasteiger partial charge in [0.25, 0.3) is 5.78 Å². The first-order valence-electron chi connectivity index (χ1n) is 12.6. The summed E-state index contributed by atoms with van der Waals surface area (Å²) >= 11 is 1.32. The number of aryl methyl sites for hydroxylation is 1. The second-order valence-electron chi connectivity index (χ2n) is 9.35. The van der Waals surface area contributed by atoms with E-state index in [4.69, 9.17) is 14.5 Å². The molecule has 40 heavy (non-hydrogen) atoms. The Morgan fingerprint density at radius 3 is 2.38 bits per heavy atom. The molecule has 2 heterocycles. The maximum Gasteiger partial charge on any atom is 0.301 e. The highest BCUT2D eigenvalue weighted by Crippen LogP contribution is 2.45. The third-order valence-corrected chi connectivity index (χ3v) is 7.72. The largest absolute Gasteiger partial charge is 0.507 e. The van der Waals surface area contributed by atoms with E-state index >= 15 is 0 Å². The molecule has 198 valence electrons. The molecule has 0 aliphatic carbocycles. The van der Waals surface area contributed by atoms with Crippen molar-refractivity contribution in [2.24, 2.45) is 0 Å². The van der Waals surface area contributed by atoms with Gasteiger partial charge in [-0.2, -0.15) is 0 Å². The van der Waals surface area contributed by atoms with Crippen LogP contribution in [0, 0.1) is 6.92 Å². The van der Waals surface area contributed by atoms with Gasteiger partial charge in [-0.15, -0.1) is 0 Å². The normalized spacial score (nSPS) is 16.4. The lowest BCUT2D eigenvalue weighted by Gasteiger charge is -2.23. The van der Waals surface area contributed by atoms with Gasteiger partial charge in [-0.1, -0.05) is 47.7 Å². The number of aromatic nitrogens is 1. The predicted octanol–water partition coefficient (Wildman–Crippen LogP) is 7.03. The van der Waals surface area contributed by atoms with Crippen molar-refractivity contribution in [3.8, 4) is 17.2 Å². The molecule has 1 saturated heterocycles. The minimum Gasteiger partial charge on any atom is -0.507 e. The van der Waals surface area contributed by atoms with E-state index in [1.165, 1.54) is 16.2 Å². The Morgan fingerprint density at radius 2 is 1.62 bits per heavy atom. The number of para-hydroxylation sites is 1. The summed E-state index contributed by atoms with van der Waals surface area (Å²) < 4.78 is 12.2. The average Bonchev–Trinajstić information content (AvgIpc) is 3.50. The van der Waals surface area contributed by atoms with Crippen LogP contribution in [-0.4, -0.2) is 28.9 Å². The molecule has 5 aromatic rings. The summed E-state index contributed by atoms with van der Waals surface area (Å²) in [5.74, 6) is -0.0515. The Labute approximate surface area is 234 Å². The second kappa shape index (κ2) is 10.3. The third kappa shape index (κ3) is 4.58. The fourth-order valence-corrected chi connectivity index (χ4v) is 5.84. The molecule has 1 aromatic heterocycles. The lowest BCUT2D eigenvalue weighted by Crippen LogP contribution is -2.29. The smallest absolute Gasteiger partial charge is 0.301 e. The summed E-state index contributed by atoms with van der Waals surface area (Å²) in [5.41, 5.74) is 2.75. The number of hydrogen-bond donors (Lipinski definition) is 1. The fourth-order valence-electron chi connectivity index (χ4n) is 4.75. The molecule has 1 amide bonds. The molecule has 1 N–H and O–H groups in total. The summed E-state index contributed by atoms with van der Waals surface area (Å²) in [6.07, 6.45) is 0. The number of ether oxygens (including phenoxy) is 2. The van der Waals surface area contributed by atoms with Crippen LogP contribution in [0.25, 0.3) is 16.0 Å². The highest BCUT2D eigenvalue weighted by atomic mass is 32.1. The maximum absolute atomic E-state index is 13.6. The van der Waals surface area contributed by atoms with Crippen molar-refractivity contribution in [3.63, 3.8) is 0 Å². The number of fused-ring (bicyclic) bond motifs is 1. The molecule has 0 saturated carbocycles. The molecule has 1 aliphatic heterocycles. The number of nitrogens with zero attached hydrogens (tertiary/aromatic N) is 2. The van der Waals surface area contributed by atoms with Crippen LogP contribution in [0.4, 0.5) is 5.13 Å². The first-order valence-corrected chi connectivity index (χ1v) is 13.4. The van der Waals surface area contributed by atoms with Gasteiger partial charge in [0.15, 0.2) is 5.13 Å². The van der Waals surface area contributed by atoms with Crippen molar-refractivity contribution in [2.75, 3.05) is 12.0 Å². The molecule has 0 spiro atoms. The molecule has 1 unspecified atom stereocenters. The van der Waals surface area contributed by atoms with E-state index in [9.17, 15) is 14.7 Å². The Hall–Kier alpha value is -4.95. The molecular weight excluding hydrogens is 524 g/mol. The second-order valence-corrected chi connectivity index (χ2v) is 10.4. The number of carbonyl (C=O) groups excluding carboxylic acids is 2. The average molecular weight is 549 g/mol. The summed E-state index contributed by atoms with van der Waals surface area (Å²) in [7, 11) is 1.55. The Kier molecular flexibility index (Phi) is 6.53. The van der Waals surface area contributed by atoms with Gasteiger partial charge < -0.3 is 14.6 Å². The number of aliphatic hydroxyl groups excluding tert-OH is 1. The Balaban J connectivity index is 1.51. The van der Waals surface area contributed by atoms with E-state index in [2.05, 4.69) is 0 Å². The van der Waals surface area contributed by atoms with Gasteiger partial charge in [0.1, 0.15) is 23.0 Å². The number of Topliss-reactive ketones (excluding diaryl/α,β-unsaturated/α-hetero) is 1. The molecule has 4 aromatic carbocycles. The number of methoxy groups -OCH3 is 1. The summed E-state index contributed by atoms with van der Waals surface area (Å²) in [6, 6.07) is 28.1. The number of anilines is 1. The lowest BCUT2D eigenvalue weighted by atomic mass is 9.95. The standard InChI is InChI=1S/C32H24N2O5S/c1-19-11-16-25-26(17-19)40-32(33-25)34-28(21-7-6-10-24(18-21)39-23-8-4-3-5-9-23)27(30(36)31(34)37)29(35)20-12-14-22(38-2)15-13-20/h3-18,28,35H,1-2H3. The van der Waals surface area contributed by atoms with Crippen LogP contribution >= 0.6 is 11.3 Å². The summed E-state index contributed by atoms with van der Waals surface area (Å²) in [4.78, 5) is 33.2. The van der Waals surface area contributed by atoms with Gasteiger partial charge in [-0.3, -0.25) is 14.5 Å². The zero-order valence-electron chi connectivity index (χ0n) is 21.7. The van der Waals surface area contributed by atoms with Crippen molar-refractivity contribution >= 4 is 44.1 Å². The topological polar surface area (TPSA) is 89.0 Å². The van der Waals surface area contributed by atoms with E-state index in [1.54, 1.807) is 55.6 Å². The lowest BCUT2D eigenvalue weighted by molar-refractivity contribution is -0.132.